The summed E-state index contributed by atoms with van der Waals surface area (Å²) in [5.41, 5.74) is 0.526. The quantitative estimate of drug-likeness (QED) is 0.747. The highest BCUT2D eigenvalue weighted by Gasteiger charge is 2.28. The number of thiophene rings is 1. The van der Waals surface area contributed by atoms with E-state index in [4.69, 9.17) is 4.74 Å². The molecule has 1 unspecified atom stereocenters. The van der Waals surface area contributed by atoms with E-state index in [0.717, 1.165) is 0 Å². The maximum absolute atomic E-state index is 12.5. The Labute approximate surface area is 157 Å². The first kappa shape index (κ1) is 18.7. The van der Waals surface area contributed by atoms with E-state index in [1.54, 1.807) is 41.8 Å². The summed E-state index contributed by atoms with van der Waals surface area (Å²) in [6.45, 7) is 1.95. The largest absolute Gasteiger partial charge is 0.484 e. The smallest absolute Gasteiger partial charge is 0.273 e. The minimum absolute atomic E-state index is 0.0558. The number of amides is 1. The zero-order chi connectivity index (χ0) is 18.7. The lowest BCUT2D eigenvalue weighted by atomic mass is 10.2. The Hall–Kier alpha value is -2.06. The second-order valence-corrected chi connectivity index (χ2v) is 9.52. The van der Waals surface area contributed by atoms with Gasteiger partial charge in [0.05, 0.1) is 5.69 Å². The molecule has 1 fully saturated rings. The molecule has 0 saturated heterocycles. The zero-order valence-electron chi connectivity index (χ0n) is 14.7. The summed E-state index contributed by atoms with van der Waals surface area (Å²) in [4.78, 5) is 11.9. The van der Waals surface area contributed by atoms with Crippen molar-refractivity contribution in [2.24, 2.45) is 5.92 Å². The molecule has 1 aromatic heterocycles. The van der Waals surface area contributed by atoms with Crippen LogP contribution in [0.4, 0.5) is 5.69 Å². The fraction of sp³-hybridized carbons (Fsp3) is 0.389. The summed E-state index contributed by atoms with van der Waals surface area (Å²) in [6.07, 6.45) is 2.34. The number of benzene rings is 1. The van der Waals surface area contributed by atoms with Crippen LogP contribution in [-0.4, -0.2) is 34.0 Å². The number of ether oxygens (including phenoxy) is 1. The molecule has 6 nitrogen and oxygen atoms in total. The number of rotatable bonds is 8. The zero-order valence-corrected chi connectivity index (χ0v) is 16.3. The van der Waals surface area contributed by atoms with Crippen molar-refractivity contribution in [1.82, 2.24) is 5.32 Å². The molecular weight excluding hydrogens is 372 g/mol. The summed E-state index contributed by atoms with van der Waals surface area (Å²) in [7, 11) is -2.04. The summed E-state index contributed by atoms with van der Waals surface area (Å²) in [6, 6.07) is 10.1. The van der Waals surface area contributed by atoms with Gasteiger partial charge in [-0.1, -0.05) is 6.07 Å². The predicted molar refractivity (Wildman–Crippen MR) is 102 cm³/mol. The third kappa shape index (κ3) is 4.37. The molecule has 1 saturated carbocycles. The number of carbonyl (C=O) groups is 1. The molecule has 140 valence electrons. The van der Waals surface area contributed by atoms with Crippen LogP contribution in [0.25, 0.3) is 0 Å². The fourth-order valence-corrected chi connectivity index (χ4v) is 4.95. The van der Waals surface area contributed by atoms with Crippen LogP contribution in [0.15, 0.2) is 46.0 Å². The van der Waals surface area contributed by atoms with Gasteiger partial charge in [0.2, 0.25) is 0 Å². The van der Waals surface area contributed by atoms with Gasteiger partial charge in [-0.2, -0.15) is 0 Å². The Bertz CT molecular complexity index is 844. The predicted octanol–water partition coefficient (Wildman–Crippen LogP) is 2.87. The lowest BCUT2D eigenvalue weighted by molar-refractivity contribution is -0.123. The van der Waals surface area contributed by atoms with Crippen molar-refractivity contribution < 1.29 is 17.9 Å². The molecule has 2 aromatic rings. The lowest BCUT2D eigenvalue weighted by Gasteiger charge is -2.19. The SMILES string of the molecule is CC(NC(=O)COc1ccc(N(C)S(=O)(=O)c2cccs2)cc1)C1CC1. The topological polar surface area (TPSA) is 75.7 Å². The van der Waals surface area contributed by atoms with Crippen LogP contribution in [0.5, 0.6) is 5.75 Å². The van der Waals surface area contributed by atoms with E-state index in [9.17, 15) is 13.2 Å². The molecule has 3 rings (SSSR count). The van der Waals surface area contributed by atoms with Crippen LogP contribution in [0, 0.1) is 5.92 Å². The summed E-state index contributed by atoms with van der Waals surface area (Å²) < 4.78 is 32.0. The Balaban J connectivity index is 1.57. The molecule has 1 aliphatic rings. The second kappa shape index (κ2) is 7.67. The van der Waals surface area contributed by atoms with E-state index in [-0.39, 0.29) is 18.6 Å². The van der Waals surface area contributed by atoms with Crippen molar-refractivity contribution >= 4 is 33.0 Å². The fourth-order valence-electron chi connectivity index (χ4n) is 2.59. The summed E-state index contributed by atoms with van der Waals surface area (Å²) >= 11 is 1.18. The lowest BCUT2D eigenvalue weighted by Crippen LogP contribution is -2.37. The highest BCUT2D eigenvalue weighted by atomic mass is 32.2. The van der Waals surface area contributed by atoms with E-state index in [0.29, 0.717) is 21.6 Å². The molecule has 1 heterocycles. The number of hydrogen-bond acceptors (Lipinski definition) is 5. The van der Waals surface area contributed by atoms with Crippen LogP contribution < -0.4 is 14.4 Å². The third-order valence-corrected chi connectivity index (χ3v) is 7.56. The minimum atomic E-state index is -3.56. The first-order valence-corrected chi connectivity index (χ1v) is 10.7. The number of hydrogen-bond donors (Lipinski definition) is 1. The highest BCUT2D eigenvalue weighted by molar-refractivity contribution is 7.94. The van der Waals surface area contributed by atoms with Crippen molar-refractivity contribution in [1.29, 1.82) is 0 Å². The van der Waals surface area contributed by atoms with E-state index in [1.165, 1.54) is 35.5 Å². The third-order valence-electron chi connectivity index (χ3n) is 4.40. The van der Waals surface area contributed by atoms with Gasteiger partial charge in [0.1, 0.15) is 9.96 Å². The average molecular weight is 395 g/mol. The number of carbonyl (C=O) groups excluding carboxylic acids is 1. The van der Waals surface area contributed by atoms with E-state index >= 15 is 0 Å². The normalized spacial score (nSPS) is 15.3. The van der Waals surface area contributed by atoms with Gasteiger partial charge in [-0.15, -0.1) is 11.3 Å². The van der Waals surface area contributed by atoms with Crippen molar-refractivity contribution in [2.45, 2.75) is 30.0 Å². The van der Waals surface area contributed by atoms with Gasteiger partial charge < -0.3 is 10.1 Å². The first-order valence-electron chi connectivity index (χ1n) is 8.42. The van der Waals surface area contributed by atoms with Crippen LogP contribution in [0.2, 0.25) is 0 Å². The first-order chi connectivity index (χ1) is 12.4. The Morgan fingerprint density at radius 1 is 1.31 bits per heavy atom. The molecule has 1 aromatic carbocycles. The highest BCUT2D eigenvalue weighted by Crippen LogP contribution is 2.32. The maximum atomic E-state index is 12.5. The minimum Gasteiger partial charge on any atom is -0.484 e. The summed E-state index contributed by atoms with van der Waals surface area (Å²) in [5.74, 6) is 0.967. The molecule has 0 radical (unpaired) electrons. The van der Waals surface area contributed by atoms with Gasteiger partial charge in [0.15, 0.2) is 6.61 Å². The molecule has 0 spiro atoms. The molecule has 0 aliphatic heterocycles. The van der Waals surface area contributed by atoms with Gasteiger partial charge >= 0.3 is 0 Å². The molecule has 1 amide bonds. The molecule has 1 N–H and O–H groups in total. The number of sulfonamides is 1. The number of anilines is 1. The van der Waals surface area contributed by atoms with E-state index in [1.807, 2.05) is 6.92 Å². The second-order valence-electron chi connectivity index (χ2n) is 6.38. The molecule has 1 atom stereocenters. The van der Waals surface area contributed by atoms with E-state index in [2.05, 4.69) is 5.32 Å². The van der Waals surface area contributed by atoms with Gasteiger partial charge in [-0.05, 0) is 61.4 Å². The van der Waals surface area contributed by atoms with Crippen LogP contribution >= 0.6 is 11.3 Å². The Kier molecular flexibility index (Phi) is 5.52. The average Bonchev–Trinajstić information content (AvgIpc) is 3.33. The molecule has 0 bridgehead atoms. The van der Waals surface area contributed by atoms with Crippen LogP contribution in [0.3, 0.4) is 0 Å². The standard InChI is InChI=1S/C18H22N2O4S2/c1-13(14-5-6-14)19-17(21)12-24-16-9-7-15(8-10-16)20(2)26(22,23)18-4-3-11-25-18/h3-4,7-11,13-14H,5-6,12H2,1-2H3,(H,19,21). The van der Waals surface area contributed by atoms with Crippen LogP contribution in [0.1, 0.15) is 19.8 Å². The van der Waals surface area contributed by atoms with Gasteiger partial charge in [0.25, 0.3) is 15.9 Å². The molecule has 26 heavy (non-hydrogen) atoms. The van der Waals surface area contributed by atoms with Crippen molar-refractivity contribution in [3.8, 4) is 5.75 Å². The van der Waals surface area contributed by atoms with E-state index < -0.39 is 10.0 Å². The van der Waals surface area contributed by atoms with Crippen molar-refractivity contribution in [3.63, 3.8) is 0 Å². The van der Waals surface area contributed by atoms with Crippen LogP contribution in [-0.2, 0) is 14.8 Å². The number of nitrogens with one attached hydrogen (secondary N) is 1. The van der Waals surface area contributed by atoms with Crippen molar-refractivity contribution in [2.75, 3.05) is 18.0 Å². The molecule has 1 aliphatic carbocycles. The summed E-state index contributed by atoms with van der Waals surface area (Å²) in [5, 5.41) is 4.66. The Morgan fingerprint density at radius 2 is 2.00 bits per heavy atom. The molecule has 8 heteroatoms. The van der Waals surface area contributed by atoms with Crippen molar-refractivity contribution in [3.05, 3.63) is 41.8 Å². The van der Waals surface area contributed by atoms with Gasteiger partial charge in [-0.25, -0.2) is 8.42 Å². The van der Waals surface area contributed by atoms with Gasteiger partial charge in [-0.3, -0.25) is 9.10 Å². The maximum Gasteiger partial charge on any atom is 0.273 e. The number of nitrogens with zero attached hydrogens (tertiary/aromatic N) is 1. The van der Waals surface area contributed by atoms with Gasteiger partial charge in [0, 0.05) is 13.1 Å². The molecular formula is C18H22N2O4S2. The monoisotopic (exact) mass is 394 g/mol. The Morgan fingerprint density at radius 3 is 2.58 bits per heavy atom.